The molecule has 1 heterocycles. The molecular formula is C20H21N3O3. The Bertz CT molecular complexity index is 964. The summed E-state index contributed by atoms with van der Waals surface area (Å²) < 4.78 is 6.37. The van der Waals surface area contributed by atoms with E-state index in [1.807, 2.05) is 43.3 Å². The normalized spacial score (nSPS) is 10.7. The van der Waals surface area contributed by atoms with Gasteiger partial charge in [-0.2, -0.15) is 5.10 Å². The molecule has 0 aliphatic rings. The number of carbonyl (C=O) groups is 1. The topological polar surface area (TPSA) is 64.4 Å². The van der Waals surface area contributed by atoms with Crippen molar-refractivity contribution in [2.75, 3.05) is 13.7 Å². The van der Waals surface area contributed by atoms with Gasteiger partial charge in [-0.05, 0) is 30.7 Å². The number of methoxy groups -OCH3 is 1. The van der Waals surface area contributed by atoms with Crippen molar-refractivity contribution >= 4 is 16.7 Å². The number of nitrogens with zero attached hydrogens (tertiary/aromatic N) is 3. The van der Waals surface area contributed by atoms with E-state index in [1.165, 1.54) is 4.68 Å². The predicted molar refractivity (Wildman–Crippen MR) is 100 cm³/mol. The number of ether oxygens (including phenoxy) is 1. The highest BCUT2D eigenvalue weighted by molar-refractivity contribution is 5.81. The highest BCUT2D eigenvalue weighted by Gasteiger charge is 2.15. The summed E-state index contributed by atoms with van der Waals surface area (Å²) in [7, 11) is 1.62. The highest BCUT2D eigenvalue weighted by Crippen LogP contribution is 2.13. The van der Waals surface area contributed by atoms with Crippen LogP contribution >= 0.6 is 0 Å². The van der Waals surface area contributed by atoms with Crippen molar-refractivity contribution in [3.05, 3.63) is 70.6 Å². The lowest BCUT2D eigenvalue weighted by Crippen LogP contribution is -2.36. The van der Waals surface area contributed by atoms with Crippen molar-refractivity contribution in [3.8, 4) is 5.75 Å². The number of likely N-dealkylation sites (N-methyl/N-ethyl adjacent to an activating group) is 1. The van der Waals surface area contributed by atoms with Gasteiger partial charge >= 0.3 is 0 Å². The number of fused-ring (bicyclic) bond motifs is 1. The molecule has 0 radical (unpaired) electrons. The molecule has 1 amide bonds. The average molecular weight is 351 g/mol. The van der Waals surface area contributed by atoms with Crippen LogP contribution in [-0.4, -0.2) is 34.2 Å². The molecule has 0 fully saturated rings. The van der Waals surface area contributed by atoms with E-state index < -0.39 is 0 Å². The largest absolute Gasteiger partial charge is 0.497 e. The van der Waals surface area contributed by atoms with Crippen LogP contribution < -0.4 is 10.3 Å². The molecular weight excluding hydrogens is 330 g/mol. The molecule has 0 spiro atoms. The minimum absolute atomic E-state index is 0.0757. The van der Waals surface area contributed by atoms with Gasteiger partial charge in [-0.15, -0.1) is 0 Å². The van der Waals surface area contributed by atoms with Crippen LogP contribution in [0.5, 0.6) is 5.75 Å². The Kier molecular flexibility index (Phi) is 5.31. The van der Waals surface area contributed by atoms with Gasteiger partial charge < -0.3 is 9.64 Å². The van der Waals surface area contributed by atoms with Gasteiger partial charge in [0.25, 0.3) is 5.56 Å². The van der Waals surface area contributed by atoms with E-state index in [-0.39, 0.29) is 18.0 Å². The summed E-state index contributed by atoms with van der Waals surface area (Å²) in [5.74, 6) is 0.628. The Morgan fingerprint density at radius 3 is 2.58 bits per heavy atom. The third-order valence-corrected chi connectivity index (χ3v) is 4.31. The number of aromatic nitrogens is 2. The van der Waals surface area contributed by atoms with Crippen molar-refractivity contribution in [1.82, 2.24) is 14.7 Å². The smallest absolute Gasteiger partial charge is 0.275 e. The number of hydrogen-bond acceptors (Lipinski definition) is 4. The van der Waals surface area contributed by atoms with E-state index in [0.29, 0.717) is 18.5 Å². The maximum absolute atomic E-state index is 12.7. The minimum Gasteiger partial charge on any atom is -0.497 e. The first kappa shape index (κ1) is 17.7. The molecule has 0 unspecified atom stereocenters. The Morgan fingerprint density at radius 2 is 1.88 bits per heavy atom. The van der Waals surface area contributed by atoms with Crippen molar-refractivity contribution < 1.29 is 9.53 Å². The summed E-state index contributed by atoms with van der Waals surface area (Å²) in [6.45, 7) is 2.86. The molecule has 0 N–H and O–H groups in total. The van der Waals surface area contributed by atoms with E-state index in [0.717, 1.165) is 16.7 Å². The Hall–Kier alpha value is -3.15. The summed E-state index contributed by atoms with van der Waals surface area (Å²) in [6.07, 6.45) is 1.61. The van der Waals surface area contributed by atoms with Crippen LogP contribution in [0.2, 0.25) is 0 Å². The third kappa shape index (κ3) is 3.74. The Morgan fingerprint density at radius 1 is 1.15 bits per heavy atom. The molecule has 0 atom stereocenters. The Balaban J connectivity index is 1.76. The van der Waals surface area contributed by atoms with Gasteiger partial charge in [0.1, 0.15) is 12.3 Å². The molecule has 1 aromatic heterocycles. The van der Waals surface area contributed by atoms with Gasteiger partial charge in [0.05, 0.1) is 18.7 Å². The zero-order valence-electron chi connectivity index (χ0n) is 14.9. The molecule has 3 aromatic rings. The molecule has 0 aliphatic heterocycles. The first-order chi connectivity index (χ1) is 12.6. The van der Waals surface area contributed by atoms with Gasteiger partial charge in [-0.1, -0.05) is 30.3 Å². The second-order valence-corrected chi connectivity index (χ2v) is 5.95. The molecule has 2 aromatic carbocycles. The minimum atomic E-state index is -0.253. The molecule has 0 saturated heterocycles. The molecule has 134 valence electrons. The number of benzene rings is 2. The van der Waals surface area contributed by atoms with Crippen molar-refractivity contribution in [2.24, 2.45) is 0 Å². The number of rotatable bonds is 6. The predicted octanol–water partition coefficient (Wildman–Crippen LogP) is 2.45. The fraction of sp³-hybridized carbons (Fsp3) is 0.250. The second kappa shape index (κ2) is 7.82. The molecule has 0 aliphatic carbocycles. The lowest BCUT2D eigenvalue weighted by atomic mass is 10.2. The fourth-order valence-corrected chi connectivity index (χ4v) is 2.80. The Labute approximate surface area is 151 Å². The SMILES string of the molecule is CCN(Cc1ccc(OC)cc1)C(=O)Cn1ncc2ccccc2c1=O. The van der Waals surface area contributed by atoms with Crippen LogP contribution in [0.1, 0.15) is 12.5 Å². The van der Waals surface area contributed by atoms with Crippen molar-refractivity contribution in [2.45, 2.75) is 20.0 Å². The summed E-state index contributed by atoms with van der Waals surface area (Å²) in [6, 6.07) is 14.8. The average Bonchev–Trinajstić information content (AvgIpc) is 2.68. The van der Waals surface area contributed by atoms with Gasteiger partial charge in [0.15, 0.2) is 0 Å². The molecule has 6 nitrogen and oxygen atoms in total. The molecule has 0 saturated carbocycles. The summed E-state index contributed by atoms with van der Waals surface area (Å²) in [5.41, 5.74) is 0.747. The van der Waals surface area contributed by atoms with Crippen molar-refractivity contribution in [3.63, 3.8) is 0 Å². The first-order valence-electron chi connectivity index (χ1n) is 8.48. The van der Waals surface area contributed by atoms with E-state index in [9.17, 15) is 9.59 Å². The lowest BCUT2D eigenvalue weighted by molar-refractivity contribution is -0.132. The number of carbonyl (C=O) groups excluding carboxylic acids is 1. The maximum Gasteiger partial charge on any atom is 0.275 e. The van der Waals surface area contributed by atoms with E-state index in [4.69, 9.17) is 4.74 Å². The van der Waals surface area contributed by atoms with Crippen LogP contribution in [0, 0.1) is 0 Å². The highest BCUT2D eigenvalue weighted by atomic mass is 16.5. The second-order valence-electron chi connectivity index (χ2n) is 5.95. The van der Waals surface area contributed by atoms with E-state index in [1.54, 1.807) is 30.3 Å². The summed E-state index contributed by atoms with van der Waals surface area (Å²) >= 11 is 0. The number of hydrogen-bond donors (Lipinski definition) is 0. The standard InChI is InChI=1S/C20H21N3O3/c1-3-22(13-15-8-10-17(26-2)11-9-15)19(24)14-23-20(25)18-7-5-4-6-16(18)12-21-23/h4-12H,3,13-14H2,1-2H3. The van der Waals surface area contributed by atoms with Gasteiger partial charge in [-0.25, -0.2) is 4.68 Å². The molecule has 6 heteroatoms. The first-order valence-corrected chi connectivity index (χ1v) is 8.48. The van der Waals surface area contributed by atoms with Crippen LogP contribution in [0.4, 0.5) is 0 Å². The van der Waals surface area contributed by atoms with Crippen LogP contribution in [-0.2, 0) is 17.9 Å². The fourth-order valence-electron chi connectivity index (χ4n) is 2.80. The molecule has 3 rings (SSSR count). The number of amides is 1. The van der Waals surface area contributed by atoms with E-state index >= 15 is 0 Å². The lowest BCUT2D eigenvalue weighted by Gasteiger charge is -2.21. The zero-order valence-corrected chi connectivity index (χ0v) is 14.9. The van der Waals surface area contributed by atoms with Crippen LogP contribution in [0.3, 0.4) is 0 Å². The van der Waals surface area contributed by atoms with Gasteiger partial charge in [0.2, 0.25) is 5.91 Å². The quantitative estimate of drug-likeness (QED) is 0.684. The third-order valence-electron chi connectivity index (χ3n) is 4.31. The zero-order chi connectivity index (χ0) is 18.5. The van der Waals surface area contributed by atoms with Gasteiger partial charge in [-0.3, -0.25) is 9.59 Å². The van der Waals surface area contributed by atoms with Crippen LogP contribution in [0.25, 0.3) is 10.8 Å². The molecule has 0 bridgehead atoms. The monoisotopic (exact) mass is 351 g/mol. The maximum atomic E-state index is 12.7. The summed E-state index contributed by atoms with van der Waals surface area (Å²) in [4.78, 5) is 26.9. The van der Waals surface area contributed by atoms with Gasteiger partial charge in [0, 0.05) is 18.5 Å². The van der Waals surface area contributed by atoms with Crippen molar-refractivity contribution in [1.29, 1.82) is 0 Å². The van der Waals surface area contributed by atoms with E-state index in [2.05, 4.69) is 5.10 Å². The molecule has 26 heavy (non-hydrogen) atoms. The summed E-state index contributed by atoms with van der Waals surface area (Å²) in [5, 5.41) is 5.47. The van der Waals surface area contributed by atoms with Crippen LogP contribution in [0.15, 0.2) is 59.5 Å².